The zero-order valence-electron chi connectivity index (χ0n) is 16.6. The van der Waals surface area contributed by atoms with Gasteiger partial charge in [-0.1, -0.05) is 25.4 Å². The molecule has 0 aliphatic rings. The summed E-state index contributed by atoms with van der Waals surface area (Å²) in [5, 5.41) is 0.592. The van der Waals surface area contributed by atoms with Gasteiger partial charge in [0, 0.05) is 10.6 Å². The molecule has 0 atom stereocenters. The van der Waals surface area contributed by atoms with Gasteiger partial charge in [-0.05, 0) is 77.2 Å². The van der Waals surface area contributed by atoms with Crippen LogP contribution in [0.2, 0.25) is 5.02 Å². The average molecular weight is 484 g/mol. The third kappa shape index (κ3) is 7.59. The minimum atomic E-state index is -0.486. The average Bonchev–Trinajstić information content (AvgIpc) is 2.66. The lowest BCUT2D eigenvalue weighted by atomic mass is 10.1. The molecule has 2 amide bonds. The minimum absolute atomic E-state index is 0.241. The van der Waals surface area contributed by atoms with Crippen molar-refractivity contribution < 1.29 is 19.1 Å². The maximum absolute atomic E-state index is 12.2. The fourth-order valence-corrected chi connectivity index (χ4v) is 3.04. The molecule has 0 bridgehead atoms. The number of aryl methyl sites for hydroxylation is 1. The number of nitrogens with one attached hydrogen (secondary N) is 2. The molecule has 0 aromatic heterocycles. The van der Waals surface area contributed by atoms with E-state index in [9.17, 15) is 9.59 Å². The highest BCUT2D eigenvalue weighted by atomic mass is 79.9. The zero-order chi connectivity index (χ0) is 21.4. The van der Waals surface area contributed by atoms with Gasteiger partial charge in [0.1, 0.15) is 11.5 Å². The molecule has 2 aromatic rings. The molecule has 156 valence electrons. The predicted molar refractivity (Wildman–Crippen MR) is 116 cm³/mol. The number of rotatable bonds is 8. The van der Waals surface area contributed by atoms with Crippen LogP contribution in [0.3, 0.4) is 0 Å². The van der Waals surface area contributed by atoms with Gasteiger partial charge in [-0.25, -0.2) is 0 Å². The smallest absolute Gasteiger partial charge is 0.276 e. The first-order chi connectivity index (χ1) is 13.8. The van der Waals surface area contributed by atoms with Crippen LogP contribution in [0, 0.1) is 12.8 Å². The lowest BCUT2D eigenvalue weighted by molar-refractivity contribution is -0.123. The Morgan fingerprint density at radius 3 is 2.45 bits per heavy atom. The molecular weight excluding hydrogens is 460 g/mol. The van der Waals surface area contributed by atoms with Crippen molar-refractivity contribution in [2.45, 2.75) is 27.2 Å². The monoisotopic (exact) mass is 482 g/mol. The number of amides is 2. The number of hydrogen-bond acceptors (Lipinski definition) is 4. The minimum Gasteiger partial charge on any atom is -0.492 e. The van der Waals surface area contributed by atoms with E-state index in [1.807, 2.05) is 6.92 Å². The molecule has 6 nitrogen and oxygen atoms in total. The first-order valence-corrected chi connectivity index (χ1v) is 10.3. The molecule has 29 heavy (non-hydrogen) atoms. The Hall–Kier alpha value is -2.25. The second-order valence-corrected chi connectivity index (χ2v) is 8.17. The third-order valence-corrected chi connectivity index (χ3v) is 4.81. The lowest BCUT2D eigenvalue weighted by Gasteiger charge is -2.12. The van der Waals surface area contributed by atoms with E-state index in [0.29, 0.717) is 39.1 Å². The zero-order valence-corrected chi connectivity index (χ0v) is 18.9. The van der Waals surface area contributed by atoms with Gasteiger partial charge >= 0.3 is 0 Å². The van der Waals surface area contributed by atoms with Crippen molar-refractivity contribution in [1.82, 2.24) is 10.9 Å². The van der Waals surface area contributed by atoms with E-state index in [4.69, 9.17) is 21.1 Å². The highest BCUT2D eigenvalue weighted by molar-refractivity contribution is 9.10. The van der Waals surface area contributed by atoms with Crippen molar-refractivity contribution in [2.75, 3.05) is 13.2 Å². The van der Waals surface area contributed by atoms with Crippen LogP contribution in [-0.2, 0) is 4.79 Å². The molecule has 0 saturated carbocycles. The Balaban J connectivity index is 1.82. The maximum Gasteiger partial charge on any atom is 0.276 e. The summed E-state index contributed by atoms with van der Waals surface area (Å²) in [5.41, 5.74) is 5.88. The highest BCUT2D eigenvalue weighted by Crippen LogP contribution is 2.26. The van der Waals surface area contributed by atoms with Crippen LogP contribution in [0.25, 0.3) is 0 Å². The Morgan fingerprint density at radius 2 is 1.79 bits per heavy atom. The summed E-state index contributed by atoms with van der Waals surface area (Å²) < 4.78 is 11.8. The van der Waals surface area contributed by atoms with Crippen LogP contribution in [0.1, 0.15) is 36.2 Å². The number of carbonyl (C=O) groups is 2. The van der Waals surface area contributed by atoms with Crippen LogP contribution < -0.4 is 20.3 Å². The molecule has 0 fully saturated rings. The fraction of sp³-hybridized carbons (Fsp3) is 0.333. The molecule has 2 rings (SSSR count). The van der Waals surface area contributed by atoms with Gasteiger partial charge in [-0.2, -0.15) is 0 Å². The van der Waals surface area contributed by atoms with Crippen LogP contribution >= 0.6 is 27.5 Å². The van der Waals surface area contributed by atoms with E-state index in [2.05, 4.69) is 40.6 Å². The summed E-state index contributed by atoms with van der Waals surface area (Å²) in [7, 11) is 0. The summed E-state index contributed by atoms with van der Waals surface area (Å²) in [6.45, 7) is 6.44. The SMILES string of the molecule is Cc1cc(Cl)ccc1OCC(=O)NNC(=O)c1ccc(OCCC(C)C)c(Br)c1. The van der Waals surface area contributed by atoms with Gasteiger partial charge < -0.3 is 9.47 Å². The van der Waals surface area contributed by atoms with E-state index in [0.717, 1.165) is 12.0 Å². The van der Waals surface area contributed by atoms with Crippen molar-refractivity contribution >= 4 is 39.3 Å². The fourth-order valence-electron chi connectivity index (χ4n) is 2.32. The predicted octanol–water partition coefficient (Wildman–Crippen LogP) is 4.68. The molecule has 2 N–H and O–H groups in total. The molecule has 0 aliphatic heterocycles. The van der Waals surface area contributed by atoms with Crippen molar-refractivity contribution in [3.8, 4) is 11.5 Å². The normalized spacial score (nSPS) is 10.6. The molecule has 0 unspecified atom stereocenters. The maximum atomic E-state index is 12.2. The first kappa shape index (κ1) is 23.0. The first-order valence-electron chi connectivity index (χ1n) is 9.16. The molecule has 0 spiro atoms. The highest BCUT2D eigenvalue weighted by Gasteiger charge is 2.11. The van der Waals surface area contributed by atoms with E-state index in [1.54, 1.807) is 36.4 Å². The molecule has 0 aliphatic carbocycles. The van der Waals surface area contributed by atoms with Crippen molar-refractivity contribution in [3.63, 3.8) is 0 Å². The van der Waals surface area contributed by atoms with Crippen molar-refractivity contribution in [2.24, 2.45) is 5.92 Å². The summed E-state index contributed by atoms with van der Waals surface area (Å²) in [4.78, 5) is 24.2. The number of hydrazine groups is 1. The summed E-state index contributed by atoms with van der Waals surface area (Å²) in [5.74, 6) is 0.830. The largest absolute Gasteiger partial charge is 0.492 e. The van der Waals surface area contributed by atoms with E-state index >= 15 is 0 Å². The van der Waals surface area contributed by atoms with Crippen LogP contribution in [-0.4, -0.2) is 25.0 Å². The van der Waals surface area contributed by atoms with E-state index in [-0.39, 0.29) is 6.61 Å². The standard InChI is InChI=1S/C21H24BrClN2O4/c1-13(2)8-9-28-19-6-4-15(11-17(19)22)21(27)25-24-20(26)12-29-18-7-5-16(23)10-14(18)3/h4-7,10-11,13H,8-9,12H2,1-3H3,(H,24,26)(H,25,27). The molecular formula is C21H24BrClN2O4. The van der Waals surface area contributed by atoms with Gasteiger partial charge in [-0.15, -0.1) is 0 Å². The Labute approximate surface area is 184 Å². The topological polar surface area (TPSA) is 76.7 Å². The summed E-state index contributed by atoms with van der Waals surface area (Å²) in [6, 6.07) is 10.1. The Kier molecular flexibility index (Phi) is 8.79. The Bertz CT molecular complexity index is 874. The number of benzene rings is 2. The number of carbonyl (C=O) groups excluding carboxylic acids is 2. The van der Waals surface area contributed by atoms with E-state index < -0.39 is 11.8 Å². The second kappa shape index (κ2) is 11.1. The number of ether oxygens (including phenoxy) is 2. The summed E-state index contributed by atoms with van der Waals surface area (Å²) in [6.07, 6.45) is 0.943. The number of halogens is 2. The van der Waals surface area contributed by atoms with Gasteiger partial charge in [0.05, 0.1) is 11.1 Å². The quantitative estimate of drug-likeness (QED) is 0.535. The third-order valence-electron chi connectivity index (χ3n) is 3.96. The lowest BCUT2D eigenvalue weighted by Crippen LogP contribution is -2.43. The van der Waals surface area contributed by atoms with Gasteiger partial charge in [-0.3, -0.25) is 20.4 Å². The molecule has 0 heterocycles. The van der Waals surface area contributed by atoms with Crippen LogP contribution in [0.4, 0.5) is 0 Å². The van der Waals surface area contributed by atoms with Crippen LogP contribution in [0.15, 0.2) is 40.9 Å². The van der Waals surface area contributed by atoms with Gasteiger partial charge in [0.2, 0.25) is 0 Å². The van der Waals surface area contributed by atoms with E-state index in [1.165, 1.54) is 0 Å². The van der Waals surface area contributed by atoms with Gasteiger partial charge in [0.25, 0.3) is 11.8 Å². The molecule has 2 aromatic carbocycles. The second-order valence-electron chi connectivity index (χ2n) is 6.88. The molecule has 8 heteroatoms. The van der Waals surface area contributed by atoms with Gasteiger partial charge in [0.15, 0.2) is 6.61 Å². The van der Waals surface area contributed by atoms with Crippen molar-refractivity contribution in [3.05, 3.63) is 57.0 Å². The molecule has 0 saturated heterocycles. The Morgan fingerprint density at radius 1 is 1.07 bits per heavy atom. The number of hydrogen-bond donors (Lipinski definition) is 2. The van der Waals surface area contributed by atoms with Crippen molar-refractivity contribution in [1.29, 1.82) is 0 Å². The van der Waals surface area contributed by atoms with Crippen LogP contribution in [0.5, 0.6) is 11.5 Å². The summed E-state index contributed by atoms with van der Waals surface area (Å²) >= 11 is 9.29. The molecule has 0 radical (unpaired) electrons.